The molecule has 1 fully saturated rings. The zero-order valence-electron chi connectivity index (χ0n) is 10.9. The van der Waals surface area contributed by atoms with E-state index in [9.17, 15) is 0 Å². The Kier molecular flexibility index (Phi) is 4.06. The first kappa shape index (κ1) is 12.4. The Morgan fingerprint density at radius 1 is 1.18 bits per heavy atom. The van der Waals surface area contributed by atoms with Gasteiger partial charge in [-0.15, -0.1) is 0 Å². The fourth-order valence-electron chi connectivity index (χ4n) is 2.91. The first-order chi connectivity index (χ1) is 8.17. The molecular weight excluding hydrogens is 210 g/mol. The molecule has 1 aromatic carbocycles. The molecule has 2 unspecified atom stereocenters. The second kappa shape index (κ2) is 5.54. The molecule has 17 heavy (non-hydrogen) atoms. The van der Waals surface area contributed by atoms with Crippen LogP contribution in [0.5, 0.6) is 5.75 Å². The number of nitrogens with two attached hydrogens (primary N) is 1. The maximum Gasteiger partial charge on any atom is 0.120 e. The van der Waals surface area contributed by atoms with E-state index in [4.69, 9.17) is 10.5 Å². The van der Waals surface area contributed by atoms with E-state index in [0.717, 1.165) is 23.1 Å². The van der Waals surface area contributed by atoms with Crippen molar-refractivity contribution in [3.63, 3.8) is 0 Å². The van der Waals surface area contributed by atoms with Crippen LogP contribution in [0.15, 0.2) is 24.3 Å². The molecule has 0 heterocycles. The molecule has 1 saturated carbocycles. The molecule has 2 N–H and O–H groups in total. The first-order valence-corrected chi connectivity index (χ1v) is 6.63. The molecular formula is C15H23NO. The van der Waals surface area contributed by atoms with Crippen LogP contribution in [-0.4, -0.2) is 6.10 Å². The van der Waals surface area contributed by atoms with Gasteiger partial charge in [0.1, 0.15) is 5.75 Å². The highest BCUT2D eigenvalue weighted by molar-refractivity contribution is 5.28. The quantitative estimate of drug-likeness (QED) is 0.869. The lowest BCUT2D eigenvalue weighted by Crippen LogP contribution is -2.28. The highest BCUT2D eigenvalue weighted by Gasteiger charge is 2.25. The molecule has 2 nitrogen and oxygen atoms in total. The summed E-state index contributed by atoms with van der Waals surface area (Å²) in [4.78, 5) is 0. The molecule has 94 valence electrons. The number of ether oxygens (including phenoxy) is 1. The van der Waals surface area contributed by atoms with Crippen LogP contribution in [0, 0.1) is 11.8 Å². The van der Waals surface area contributed by atoms with E-state index < -0.39 is 0 Å². The predicted molar refractivity (Wildman–Crippen MR) is 70.9 cm³/mol. The van der Waals surface area contributed by atoms with Gasteiger partial charge in [-0.25, -0.2) is 0 Å². The van der Waals surface area contributed by atoms with Gasteiger partial charge in [-0.1, -0.05) is 26.0 Å². The highest BCUT2D eigenvalue weighted by atomic mass is 16.5. The smallest absolute Gasteiger partial charge is 0.120 e. The van der Waals surface area contributed by atoms with Crippen molar-refractivity contribution in [1.29, 1.82) is 0 Å². The van der Waals surface area contributed by atoms with Gasteiger partial charge in [0.2, 0.25) is 0 Å². The van der Waals surface area contributed by atoms with E-state index in [1.165, 1.54) is 19.3 Å². The predicted octanol–water partition coefficient (Wildman–Crippen LogP) is 3.35. The second-order valence-corrected chi connectivity index (χ2v) is 5.51. The zero-order valence-corrected chi connectivity index (χ0v) is 10.9. The van der Waals surface area contributed by atoms with E-state index >= 15 is 0 Å². The van der Waals surface area contributed by atoms with Crippen LogP contribution in [0.3, 0.4) is 0 Å². The van der Waals surface area contributed by atoms with Crippen molar-refractivity contribution in [1.82, 2.24) is 0 Å². The Labute approximate surface area is 104 Å². The summed E-state index contributed by atoms with van der Waals surface area (Å²) < 4.78 is 6.08. The average Bonchev–Trinajstić information content (AvgIpc) is 2.28. The molecule has 0 aliphatic heterocycles. The molecule has 1 aliphatic carbocycles. The maximum absolute atomic E-state index is 6.08. The summed E-state index contributed by atoms with van der Waals surface area (Å²) in [5.41, 5.74) is 6.78. The monoisotopic (exact) mass is 233 g/mol. The van der Waals surface area contributed by atoms with Gasteiger partial charge in [0.15, 0.2) is 0 Å². The van der Waals surface area contributed by atoms with Crippen LogP contribution in [-0.2, 0) is 6.54 Å². The molecule has 0 amide bonds. The van der Waals surface area contributed by atoms with Crippen molar-refractivity contribution in [2.24, 2.45) is 17.6 Å². The minimum absolute atomic E-state index is 0.377. The second-order valence-electron chi connectivity index (χ2n) is 5.51. The molecule has 2 rings (SSSR count). The van der Waals surface area contributed by atoms with Crippen LogP contribution in [0.1, 0.15) is 38.7 Å². The molecule has 2 atom stereocenters. The van der Waals surface area contributed by atoms with Crippen molar-refractivity contribution >= 4 is 0 Å². The van der Waals surface area contributed by atoms with Crippen molar-refractivity contribution in [3.05, 3.63) is 29.8 Å². The molecule has 1 aromatic rings. The van der Waals surface area contributed by atoms with Gasteiger partial charge >= 0.3 is 0 Å². The van der Waals surface area contributed by atoms with Crippen molar-refractivity contribution in [2.45, 2.75) is 45.8 Å². The Morgan fingerprint density at radius 3 is 2.53 bits per heavy atom. The van der Waals surface area contributed by atoms with Crippen LogP contribution >= 0.6 is 0 Å². The zero-order chi connectivity index (χ0) is 12.3. The molecule has 1 aliphatic rings. The van der Waals surface area contributed by atoms with E-state index in [1.54, 1.807) is 0 Å². The molecule has 0 radical (unpaired) electrons. The lowest BCUT2D eigenvalue weighted by molar-refractivity contribution is 0.101. The molecule has 0 bridgehead atoms. The van der Waals surface area contributed by atoms with Crippen LogP contribution in [0.2, 0.25) is 0 Å². The largest absolute Gasteiger partial charge is 0.490 e. The Morgan fingerprint density at radius 2 is 1.88 bits per heavy atom. The first-order valence-electron chi connectivity index (χ1n) is 6.63. The lowest BCUT2D eigenvalue weighted by Gasteiger charge is -2.31. The Balaban J connectivity index is 1.99. The normalized spacial score (nSPS) is 29.0. The summed E-state index contributed by atoms with van der Waals surface area (Å²) in [6.45, 7) is 5.22. The minimum atomic E-state index is 0.377. The van der Waals surface area contributed by atoms with Gasteiger partial charge in [-0.2, -0.15) is 0 Å². The summed E-state index contributed by atoms with van der Waals surface area (Å²) in [5.74, 6) is 2.53. The fraction of sp³-hybridized carbons (Fsp3) is 0.600. The van der Waals surface area contributed by atoms with Gasteiger partial charge in [0, 0.05) is 6.54 Å². The molecule has 0 spiro atoms. The summed E-state index contributed by atoms with van der Waals surface area (Å²) in [7, 11) is 0. The third-order valence-electron chi connectivity index (χ3n) is 3.57. The highest BCUT2D eigenvalue weighted by Crippen LogP contribution is 2.31. The third-order valence-corrected chi connectivity index (χ3v) is 3.57. The fourth-order valence-corrected chi connectivity index (χ4v) is 2.91. The van der Waals surface area contributed by atoms with E-state index in [1.807, 2.05) is 18.2 Å². The van der Waals surface area contributed by atoms with E-state index in [2.05, 4.69) is 19.9 Å². The van der Waals surface area contributed by atoms with E-state index in [-0.39, 0.29) is 0 Å². The van der Waals surface area contributed by atoms with Crippen molar-refractivity contribution in [3.8, 4) is 5.75 Å². The summed E-state index contributed by atoms with van der Waals surface area (Å²) in [6.07, 6.45) is 4.07. The number of benzene rings is 1. The number of hydrogen-bond donors (Lipinski definition) is 1. The van der Waals surface area contributed by atoms with Crippen molar-refractivity contribution < 1.29 is 4.74 Å². The minimum Gasteiger partial charge on any atom is -0.490 e. The van der Waals surface area contributed by atoms with Gasteiger partial charge in [0.05, 0.1) is 6.10 Å². The SMILES string of the molecule is CC1CC(C)CC(Oc2cccc(CN)c2)C1. The maximum atomic E-state index is 6.08. The Hall–Kier alpha value is -1.02. The van der Waals surface area contributed by atoms with E-state index in [0.29, 0.717) is 12.6 Å². The van der Waals surface area contributed by atoms with Crippen molar-refractivity contribution in [2.75, 3.05) is 0 Å². The topological polar surface area (TPSA) is 35.2 Å². The Bertz CT molecular complexity index is 354. The van der Waals surface area contributed by atoms with Crippen LogP contribution in [0.4, 0.5) is 0 Å². The molecule has 0 saturated heterocycles. The van der Waals surface area contributed by atoms with Gasteiger partial charge in [0.25, 0.3) is 0 Å². The van der Waals surface area contributed by atoms with Gasteiger partial charge in [-0.3, -0.25) is 0 Å². The number of rotatable bonds is 3. The summed E-state index contributed by atoms with van der Waals surface area (Å²) in [6, 6.07) is 8.15. The van der Waals surface area contributed by atoms with Gasteiger partial charge < -0.3 is 10.5 Å². The summed E-state index contributed by atoms with van der Waals surface area (Å²) in [5, 5.41) is 0. The van der Waals surface area contributed by atoms with Crippen LogP contribution < -0.4 is 10.5 Å². The lowest BCUT2D eigenvalue weighted by atomic mass is 9.82. The molecule has 2 heteroatoms. The number of hydrogen-bond acceptors (Lipinski definition) is 2. The third kappa shape index (κ3) is 3.47. The van der Waals surface area contributed by atoms with Crippen LogP contribution in [0.25, 0.3) is 0 Å². The summed E-state index contributed by atoms with van der Waals surface area (Å²) >= 11 is 0. The standard InChI is InChI=1S/C15H23NO/c1-11-6-12(2)8-15(7-11)17-14-5-3-4-13(9-14)10-16/h3-5,9,11-12,15H,6-8,10,16H2,1-2H3. The molecule has 0 aromatic heterocycles. The average molecular weight is 233 g/mol. The van der Waals surface area contributed by atoms with Gasteiger partial charge in [-0.05, 0) is 48.8 Å².